The van der Waals surface area contributed by atoms with Gasteiger partial charge in [-0.2, -0.15) is 0 Å². The second-order valence-corrected chi connectivity index (χ2v) is 7.39. The number of hydrazine groups is 1. The summed E-state index contributed by atoms with van der Waals surface area (Å²) in [6, 6.07) is 4.44. The summed E-state index contributed by atoms with van der Waals surface area (Å²) in [7, 11) is 0. The fourth-order valence-electron chi connectivity index (χ4n) is 2.39. The van der Waals surface area contributed by atoms with Crippen LogP contribution in [0, 0.1) is 5.92 Å². The lowest BCUT2D eigenvalue weighted by atomic mass is 9.98. The molecule has 4 amide bonds. The second-order valence-electron chi connectivity index (χ2n) is 5.52. The summed E-state index contributed by atoms with van der Waals surface area (Å²) in [5, 5.41) is 1.02. The smallest absolute Gasteiger partial charge is 0.314 e. The molecule has 10 heteroatoms. The number of hydrogen-bond acceptors (Lipinski definition) is 4. The normalized spacial score (nSPS) is 17.0. The van der Waals surface area contributed by atoms with E-state index in [2.05, 4.69) is 10.9 Å². The van der Waals surface area contributed by atoms with Crippen molar-refractivity contribution in [1.29, 1.82) is 0 Å². The maximum absolute atomic E-state index is 12.1. The highest BCUT2D eigenvalue weighted by Gasteiger charge is 2.27. The Balaban J connectivity index is 1.76. The topological polar surface area (TPSA) is 105 Å². The fraction of sp³-hybridized carbons (Fsp3) is 0.400. The van der Waals surface area contributed by atoms with E-state index in [4.69, 9.17) is 28.9 Å². The summed E-state index contributed by atoms with van der Waals surface area (Å²) in [5.41, 5.74) is 9.97. The van der Waals surface area contributed by atoms with Gasteiger partial charge in [-0.05, 0) is 31.0 Å². The third-order valence-electron chi connectivity index (χ3n) is 3.68. The number of halogens is 2. The molecule has 25 heavy (non-hydrogen) atoms. The summed E-state index contributed by atoms with van der Waals surface area (Å²) >= 11 is 13.1. The third kappa shape index (κ3) is 5.98. The average molecular weight is 405 g/mol. The van der Waals surface area contributed by atoms with Gasteiger partial charge in [0, 0.05) is 23.0 Å². The van der Waals surface area contributed by atoms with Gasteiger partial charge in [-0.25, -0.2) is 4.79 Å². The van der Waals surface area contributed by atoms with Gasteiger partial charge in [-0.3, -0.25) is 20.4 Å². The lowest BCUT2D eigenvalue weighted by molar-refractivity contribution is -0.131. The van der Waals surface area contributed by atoms with Crippen molar-refractivity contribution in [3.63, 3.8) is 0 Å². The van der Waals surface area contributed by atoms with Crippen LogP contribution in [0.4, 0.5) is 4.79 Å². The SMILES string of the molecule is NC(=O)N1CCC[C@@H](C(=O)NNC(=O)CSc2cc(Cl)ccc2Cl)C1. The zero-order valence-corrected chi connectivity index (χ0v) is 15.6. The highest BCUT2D eigenvalue weighted by atomic mass is 35.5. The van der Waals surface area contributed by atoms with E-state index in [0.717, 1.165) is 0 Å². The molecule has 0 spiro atoms. The van der Waals surface area contributed by atoms with E-state index in [9.17, 15) is 14.4 Å². The quantitative estimate of drug-likeness (QED) is 0.527. The van der Waals surface area contributed by atoms with Gasteiger partial charge in [-0.1, -0.05) is 23.2 Å². The Kier molecular flexibility index (Phi) is 7.22. The van der Waals surface area contributed by atoms with Gasteiger partial charge < -0.3 is 10.6 Å². The van der Waals surface area contributed by atoms with Crippen molar-refractivity contribution in [3.8, 4) is 0 Å². The lowest BCUT2D eigenvalue weighted by Crippen LogP contribution is -2.51. The molecule has 1 fully saturated rings. The van der Waals surface area contributed by atoms with E-state index < -0.39 is 11.9 Å². The van der Waals surface area contributed by atoms with Crippen LogP contribution in [0.2, 0.25) is 10.0 Å². The average Bonchev–Trinajstić information content (AvgIpc) is 2.60. The third-order valence-corrected chi connectivity index (χ3v) is 5.41. The Morgan fingerprint density at radius 1 is 1.28 bits per heavy atom. The number of nitrogens with one attached hydrogen (secondary N) is 2. The maximum atomic E-state index is 12.1. The van der Waals surface area contributed by atoms with Crippen LogP contribution in [0.25, 0.3) is 0 Å². The van der Waals surface area contributed by atoms with Crippen molar-refractivity contribution in [3.05, 3.63) is 28.2 Å². The highest BCUT2D eigenvalue weighted by molar-refractivity contribution is 8.00. The standard InChI is InChI=1S/C15H18Cl2N4O3S/c16-10-3-4-11(17)12(6-10)25-8-13(22)19-20-14(23)9-2-1-5-21(7-9)15(18)24/h3-4,6,9H,1-2,5,7-8H2,(H2,18,24)(H,19,22)(H,20,23)/t9-/m1/s1. The Morgan fingerprint density at radius 3 is 2.76 bits per heavy atom. The molecule has 1 saturated heterocycles. The van der Waals surface area contributed by atoms with Crippen molar-refractivity contribution >= 4 is 52.8 Å². The molecule has 0 unspecified atom stereocenters. The monoisotopic (exact) mass is 404 g/mol. The van der Waals surface area contributed by atoms with Crippen LogP contribution < -0.4 is 16.6 Å². The van der Waals surface area contributed by atoms with Crippen molar-refractivity contribution in [2.24, 2.45) is 11.7 Å². The number of urea groups is 1. The van der Waals surface area contributed by atoms with E-state index in [1.165, 1.54) is 16.7 Å². The number of likely N-dealkylation sites (tertiary alicyclic amines) is 1. The Hall–Kier alpha value is -1.64. The maximum Gasteiger partial charge on any atom is 0.314 e. The number of benzene rings is 1. The first-order valence-electron chi connectivity index (χ1n) is 7.57. The molecule has 4 N–H and O–H groups in total. The number of primary amides is 1. The predicted molar refractivity (Wildman–Crippen MR) is 97.4 cm³/mol. The molecule has 1 aromatic carbocycles. The molecule has 0 aromatic heterocycles. The number of carbonyl (C=O) groups is 3. The number of amides is 4. The van der Waals surface area contributed by atoms with Crippen molar-refractivity contribution in [2.75, 3.05) is 18.8 Å². The van der Waals surface area contributed by atoms with Crippen LogP contribution in [0.15, 0.2) is 23.1 Å². The summed E-state index contributed by atoms with van der Waals surface area (Å²) in [5.74, 6) is -1.04. The number of rotatable bonds is 4. The van der Waals surface area contributed by atoms with Crippen LogP contribution in [0.5, 0.6) is 0 Å². The van der Waals surface area contributed by atoms with Gasteiger partial charge in [0.25, 0.3) is 0 Å². The molecule has 0 aliphatic carbocycles. The molecular formula is C15H18Cl2N4O3S. The van der Waals surface area contributed by atoms with Gasteiger partial charge in [0.15, 0.2) is 0 Å². The largest absolute Gasteiger partial charge is 0.351 e. The van der Waals surface area contributed by atoms with E-state index in [1.807, 2.05) is 0 Å². The minimum atomic E-state index is -0.545. The molecule has 1 aromatic rings. The van der Waals surface area contributed by atoms with Gasteiger partial charge >= 0.3 is 6.03 Å². The van der Waals surface area contributed by atoms with Gasteiger partial charge in [0.2, 0.25) is 11.8 Å². The first-order chi connectivity index (χ1) is 11.9. The zero-order valence-electron chi connectivity index (χ0n) is 13.3. The van der Waals surface area contributed by atoms with Crippen LogP contribution >= 0.6 is 35.0 Å². The van der Waals surface area contributed by atoms with Crippen LogP contribution in [0.3, 0.4) is 0 Å². The molecule has 2 rings (SSSR count). The van der Waals surface area contributed by atoms with Gasteiger partial charge in [0.1, 0.15) is 0 Å². The molecule has 1 aliphatic heterocycles. The second kappa shape index (κ2) is 9.17. The molecule has 7 nitrogen and oxygen atoms in total. The predicted octanol–water partition coefficient (Wildman–Crippen LogP) is 2.02. The number of nitrogens with two attached hydrogens (primary N) is 1. The number of carbonyl (C=O) groups excluding carboxylic acids is 3. The van der Waals surface area contributed by atoms with E-state index in [-0.39, 0.29) is 24.1 Å². The first kappa shape index (κ1) is 19.7. The van der Waals surface area contributed by atoms with Crippen LogP contribution in [-0.2, 0) is 9.59 Å². The minimum absolute atomic E-state index is 0.0679. The molecular weight excluding hydrogens is 387 g/mol. The Labute approximate surface area is 159 Å². The molecule has 136 valence electrons. The summed E-state index contributed by atoms with van der Waals surface area (Å²) < 4.78 is 0. The van der Waals surface area contributed by atoms with Gasteiger partial charge in [0.05, 0.1) is 16.7 Å². The first-order valence-corrected chi connectivity index (χ1v) is 9.32. The number of hydrogen-bond donors (Lipinski definition) is 3. The zero-order chi connectivity index (χ0) is 18.4. The van der Waals surface area contributed by atoms with Crippen molar-refractivity contribution in [2.45, 2.75) is 17.7 Å². The van der Waals surface area contributed by atoms with Crippen LogP contribution in [0.1, 0.15) is 12.8 Å². The highest BCUT2D eigenvalue weighted by Crippen LogP contribution is 2.29. The number of piperidine rings is 1. The molecule has 1 atom stereocenters. The van der Waals surface area contributed by atoms with Gasteiger partial charge in [-0.15, -0.1) is 11.8 Å². The molecule has 0 radical (unpaired) electrons. The summed E-state index contributed by atoms with van der Waals surface area (Å²) in [6.07, 6.45) is 1.33. The minimum Gasteiger partial charge on any atom is -0.351 e. The summed E-state index contributed by atoms with van der Waals surface area (Å²) in [4.78, 5) is 37.2. The molecule has 0 saturated carbocycles. The van der Waals surface area contributed by atoms with E-state index in [1.54, 1.807) is 18.2 Å². The van der Waals surface area contributed by atoms with Crippen molar-refractivity contribution in [1.82, 2.24) is 15.8 Å². The molecule has 1 aliphatic rings. The molecule has 0 bridgehead atoms. The van der Waals surface area contributed by atoms with E-state index >= 15 is 0 Å². The van der Waals surface area contributed by atoms with Crippen molar-refractivity contribution < 1.29 is 14.4 Å². The Bertz CT molecular complexity index is 674. The lowest BCUT2D eigenvalue weighted by Gasteiger charge is -2.30. The van der Waals surface area contributed by atoms with Crippen LogP contribution in [-0.4, -0.2) is 41.6 Å². The molecule has 1 heterocycles. The van der Waals surface area contributed by atoms with E-state index in [0.29, 0.717) is 34.3 Å². The Morgan fingerprint density at radius 2 is 2.04 bits per heavy atom. The number of nitrogens with zero attached hydrogens (tertiary/aromatic N) is 1. The summed E-state index contributed by atoms with van der Waals surface area (Å²) in [6.45, 7) is 0.798. The number of thioether (sulfide) groups is 1. The fourth-order valence-corrected chi connectivity index (χ4v) is 3.68.